The van der Waals surface area contributed by atoms with Gasteiger partial charge in [0.05, 0.1) is 5.41 Å². The summed E-state index contributed by atoms with van der Waals surface area (Å²) in [6.07, 6.45) is 3.81. The van der Waals surface area contributed by atoms with Crippen LogP contribution in [0.3, 0.4) is 0 Å². The van der Waals surface area contributed by atoms with Gasteiger partial charge in [0.15, 0.2) is 0 Å². The average Bonchev–Trinajstić information content (AvgIpc) is 3.31. The molecule has 4 heteroatoms. The van der Waals surface area contributed by atoms with Crippen LogP contribution in [-0.4, -0.2) is 22.2 Å². The Hall–Kier alpha value is -3.73. The quantitative estimate of drug-likeness (QED) is 0.397. The number of benzene rings is 4. The van der Waals surface area contributed by atoms with Gasteiger partial charge in [-0.15, -0.1) is 0 Å². The van der Waals surface area contributed by atoms with Crippen molar-refractivity contribution < 1.29 is 10.0 Å². The van der Waals surface area contributed by atoms with Crippen LogP contribution in [0.4, 0.5) is 0 Å². The second-order valence-corrected chi connectivity index (χ2v) is 8.57. The molecule has 4 aromatic carbocycles. The maximum atomic E-state index is 10.3. The molecule has 2 N–H and O–H groups in total. The normalized spacial score (nSPS) is 17.2. The molecule has 1 unspecified atom stereocenters. The molecule has 1 aromatic heterocycles. The van der Waals surface area contributed by atoms with E-state index >= 15 is 0 Å². The molecule has 2 aliphatic rings. The molecule has 3 nitrogen and oxygen atoms in total. The number of nitrogens with zero attached hydrogens (tertiary/aromatic N) is 1. The first-order valence-corrected chi connectivity index (χ1v) is 10.8. The molecule has 1 atom stereocenters. The average molecular weight is 411 g/mol. The van der Waals surface area contributed by atoms with Crippen molar-refractivity contribution in [1.29, 1.82) is 0 Å². The molecule has 1 spiro atoms. The molecule has 7 rings (SSSR count). The number of hydrogen-bond acceptors (Lipinski definition) is 3. The highest BCUT2D eigenvalue weighted by Crippen LogP contribution is 2.63. The molecule has 0 radical (unpaired) electrons. The second-order valence-electron chi connectivity index (χ2n) is 8.57. The summed E-state index contributed by atoms with van der Waals surface area (Å²) in [5.41, 5.74) is 9.40. The van der Waals surface area contributed by atoms with Gasteiger partial charge in [-0.1, -0.05) is 78.9 Å². The number of pyridine rings is 1. The fraction of sp³-hybridized carbons (Fsp3) is 0.0357. The zero-order valence-corrected chi connectivity index (χ0v) is 17.2. The first-order chi connectivity index (χ1) is 15.7. The molecule has 0 saturated carbocycles. The highest BCUT2D eigenvalue weighted by molar-refractivity contribution is 6.62. The van der Waals surface area contributed by atoms with Crippen LogP contribution >= 0.6 is 0 Å². The molecule has 0 amide bonds. The summed E-state index contributed by atoms with van der Waals surface area (Å²) in [6.45, 7) is 0. The highest BCUT2D eigenvalue weighted by atomic mass is 16.4. The van der Waals surface area contributed by atoms with Crippen molar-refractivity contribution in [2.45, 2.75) is 5.41 Å². The summed E-state index contributed by atoms with van der Waals surface area (Å²) in [4.78, 5) is 4.44. The molecule has 150 valence electrons. The van der Waals surface area contributed by atoms with E-state index in [1.807, 2.05) is 36.7 Å². The number of fused-ring (bicyclic) bond motifs is 12. The number of rotatable bonds is 1. The summed E-state index contributed by atoms with van der Waals surface area (Å²) in [5, 5.41) is 22.6. The Labute approximate surface area is 185 Å². The fourth-order valence-corrected chi connectivity index (χ4v) is 6.08. The van der Waals surface area contributed by atoms with Crippen LogP contribution in [0.1, 0.15) is 22.3 Å². The lowest BCUT2D eigenvalue weighted by atomic mass is 9.67. The van der Waals surface area contributed by atoms with Crippen molar-refractivity contribution in [2.24, 2.45) is 0 Å². The third-order valence-corrected chi connectivity index (χ3v) is 7.21. The largest absolute Gasteiger partial charge is 0.489 e. The Morgan fingerprint density at radius 1 is 0.625 bits per heavy atom. The highest BCUT2D eigenvalue weighted by Gasteiger charge is 2.52. The van der Waals surface area contributed by atoms with Gasteiger partial charge in [0.2, 0.25) is 0 Å². The van der Waals surface area contributed by atoms with Crippen LogP contribution in [-0.2, 0) is 5.41 Å². The molecule has 0 bridgehead atoms. The number of hydrogen-bond donors (Lipinski definition) is 2. The lowest BCUT2D eigenvalue weighted by Gasteiger charge is -2.30. The molecule has 32 heavy (non-hydrogen) atoms. The van der Waals surface area contributed by atoms with Crippen molar-refractivity contribution in [3.05, 3.63) is 120 Å². The number of aromatic nitrogens is 1. The molecule has 5 aromatic rings. The maximum Gasteiger partial charge on any atom is 0.489 e. The van der Waals surface area contributed by atoms with Crippen LogP contribution < -0.4 is 5.46 Å². The van der Waals surface area contributed by atoms with Gasteiger partial charge in [-0.3, -0.25) is 4.98 Å². The lowest BCUT2D eigenvalue weighted by Crippen LogP contribution is -2.33. The molecular weight excluding hydrogens is 393 g/mol. The molecule has 2 aliphatic carbocycles. The summed E-state index contributed by atoms with van der Waals surface area (Å²) in [5.74, 6) is 0. The molecular formula is C28H18BNO2. The van der Waals surface area contributed by atoms with Crippen LogP contribution in [0.5, 0.6) is 0 Å². The van der Waals surface area contributed by atoms with Crippen LogP contribution in [0, 0.1) is 0 Å². The topological polar surface area (TPSA) is 53.4 Å². The predicted molar refractivity (Wildman–Crippen MR) is 128 cm³/mol. The SMILES string of the molecule is OB(O)c1cc2c(c3ccccc13)-c1ccccc1C21c2ccccc2-c2cnccc21. The third kappa shape index (κ3) is 1.97. The van der Waals surface area contributed by atoms with Gasteiger partial charge in [0.1, 0.15) is 0 Å². The van der Waals surface area contributed by atoms with Crippen LogP contribution in [0.25, 0.3) is 33.0 Å². The monoisotopic (exact) mass is 411 g/mol. The predicted octanol–water partition coefficient (Wildman–Crippen LogP) is 4.26. The summed E-state index contributed by atoms with van der Waals surface area (Å²) < 4.78 is 0. The van der Waals surface area contributed by atoms with E-state index in [1.54, 1.807) is 0 Å². The van der Waals surface area contributed by atoms with E-state index < -0.39 is 12.5 Å². The minimum absolute atomic E-state index is 0.519. The van der Waals surface area contributed by atoms with E-state index in [0.29, 0.717) is 5.46 Å². The molecule has 0 fully saturated rings. The standard InChI is InChI=1S/C28H18BNO2/c31-29(32)26-15-25-27(19-9-2-1-8-18(19)26)20-10-4-6-12-23(20)28(25)22-11-5-3-7-17(22)21-16-30-14-13-24(21)28/h1-16,31-32H. The minimum atomic E-state index is -1.56. The smallest absolute Gasteiger partial charge is 0.423 e. The van der Waals surface area contributed by atoms with E-state index in [9.17, 15) is 10.0 Å². The van der Waals surface area contributed by atoms with Gasteiger partial charge in [0, 0.05) is 18.0 Å². The van der Waals surface area contributed by atoms with E-state index in [4.69, 9.17) is 0 Å². The first kappa shape index (κ1) is 17.9. The Bertz CT molecular complexity index is 1530. The van der Waals surface area contributed by atoms with E-state index in [0.717, 1.165) is 21.9 Å². The zero-order valence-electron chi connectivity index (χ0n) is 17.2. The summed E-state index contributed by atoms with van der Waals surface area (Å²) in [6, 6.07) is 29.2. The van der Waals surface area contributed by atoms with Crippen molar-refractivity contribution in [2.75, 3.05) is 0 Å². The van der Waals surface area contributed by atoms with Gasteiger partial charge >= 0.3 is 7.12 Å². The Kier molecular flexibility index (Phi) is 3.45. The Balaban J connectivity index is 1.76. The van der Waals surface area contributed by atoms with Gasteiger partial charge in [-0.05, 0) is 61.2 Å². The Morgan fingerprint density at radius 2 is 1.25 bits per heavy atom. The van der Waals surface area contributed by atoms with E-state index in [2.05, 4.69) is 65.6 Å². The molecule has 0 aliphatic heterocycles. The van der Waals surface area contributed by atoms with Gasteiger partial charge < -0.3 is 10.0 Å². The third-order valence-electron chi connectivity index (χ3n) is 7.21. The van der Waals surface area contributed by atoms with E-state index in [1.165, 1.54) is 33.4 Å². The van der Waals surface area contributed by atoms with Gasteiger partial charge in [0.25, 0.3) is 0 Å². The van der Waals surface area contributed by atoms with Crippen molar-refractivity contribution in [1.82, 2.24) is 4.98 Å². The summed E-state index contributed by atoms with van der Waals surface area (Å²) >= 11 is 0. The van der Waals surface area contributed by atoms with Crippen LogP contribution in [0.15, 0.2) is 97.3 Å². The van der Waals surface area contributed by atoms with E-state index in [-0.39, 0.29) is 0 Å². The zero-order chi connectivity index (χ0) is 21.4. The maximum absolute atomic E-state index is 10.3. The Morgan fingerprint density at radius 3 is 2.03 bits per heavy atom. The molecule has 0 saturated heterocycles. The lowest BCUT2D eigenvalue weighted by molar-refractivity contribution is 0.426. The van der Waals surface area contributed by atoms with Crippen molar-refractivity contribution in [3.8, 4) is 22.3 Å². The van der Waals surface area contributed by atoms with Crippen molar-refractivity contribution >= 4 is 23.4 Å². The van der Waals surface area contributed by atoms with Crippen LogP contribution in [0.2, 0.25) is 0 Å². The van der Waals surface area contributed by atoms with Gasteiger partial charge in [-0.25, -0.2) is 0 Å². The first-order valence-electron chi connectivity index (χ1n) is 10.8. The fourth-order valence-electron chi connectivity index (χ4n) is 6.08. The van der Waals surface area contributed by atoms with Gasteiger partial charge in [-0.2, -0.15) is 0 Å². The minimum Gasteiger partial charge on any atom is -0.423 e. The van der Waals surface area contributed by atoms with Crippen molar-refractivity contribution in [3.63, 3.8) is 0 Å². The summed E-state index contributed by atoms with van der Waals surface area (Å²) in [7, 11) is -1.56. The second kappa shape index (κ2) is 6.16. The molecule has 1 heterocycles.